The molecule has 1 aromatic heterocycles. The quantitative estimate of drug-likeness (QED) is 0.790. The number of benzene rings is 1. The number of ether oxygens (including phenoxy) is 1. The summed E-state index contributed by atoms with van der Waals surface area (Å²) in [6, 6.07) is 7.63. The third kappa shape index (κ3) is 4.40. The number of aromatic hydroxyl groups is 1. The van der Waals surface area contributed by atoms with E-state index in [9.17, 15) is 18.3 Å². The third-order valence-corrected chi connectivity index (χ3v) is 3.53. The average molecular weight is 339 g/mol. The molecule has 0 unspecified atom stereocenters. The Morgan fingerprint density at radius 2 is 1.79 bits per heavy atom. The highest BCUT2D eigenvalue weighted by Gasteiger charge is 2.34. The Kier molecular flexibility index (Phi) is 5.06. The topological polar surface area (TPSA) is 42.4 Å². The number of halogens is 3. The van der Waals surface area contributed by atoms with Crippen molar-refractivity contribution in [3.05, 3.63) is 42.0 Å². The molecular formula is C18H20F3NO2. The number of pyridine rings is 1. The van der Waals surface area contributed by atoms with Crippen molar-refractivity contribution in [2.24, 2.45) is 0 Å². The molecule has 0 saturated heterocycles. The van der Waals surface area contributed by atoms with Crippen molar-refractivity contribution in [3.63, 3.8) is 0 Å². The molecule has 0 bridgehead atoms. The fraction of sp³-hybridized carbons (Fsp3) is 0.389. The van der Waals surface area contributed by atoms with E-state index in [2.05, 4.69) is 4.98 Å². The van der Waals surface area contributed by atoms with Gasteiger partial charge in [-0.2, -0.15) is 13.2 Å². The summed E-state index contributed by atoms with van der Waals surface area (Å²) < 4.78 is 45.3. The number of rotatable bonds is 5. The largest absolute Gasteiger partial charge is 0.508 e. The molecule has 0 amide bonds. The van der Waals surface area contributed by atoms with Crippen LogP contribution in [0, 0.1) is 0 Å². The van der Waals surface area contributed by atoms with Crippen LogP contribution in [0.25, 0.3) is 11.3 Å². The molecule has 0 spiro atoms. The first kappa shape index (κ1) is 18.1. The van der Waals surface area contributed by atoms with Crippen molar-refractivity contribution in [2.45, 2.75) is 45.4 Å². The van der Waals surface area contributed by atoms with Gasteiger partial charge in [-0.05, 0) is 26.3 Å². The van der Waals surface area contributed by atoms with Crippen LogP contribution in [0.3, 0.4) is 0 Å². The van der Waals surface area contributed by atoms with E-state index in [0.29, 0.717) is 0 Å². The molecule has 0 fully saturated rings. The van der Waals surface area contributed by atoms with E-state index in [1.54, 1.807) is 0 Å². The molecular weight excluding hydrogens is 319 g/mol. The fourth-order valence-corrected chi connectivity index (χ4v) is 2.57. The highest BCUT2D eigenvalue weighted by Crippen LogP contribution is 2.38. The number of hydrogen-bond acceptors (Lipinski definition) is 3. The lowest BCUT2D eigenvalue weighted by atomic mass is 10.0. The van der Waals surface area contributed by atoms with Crippen molar-refractivity contribution in [2.75, 3.05) is 0 Å². The van der Waals surface area contributed by atoms with Crippen LogP contribution in [0.15, 0.2) is 36.4 Å². The summed E-state index contributed by atoms with van der Waals surface area (Å²) in [6.45, 7) is 5.74. The van der Waals surface area contributed by atoms with Gasteiger partial charge in [-0.3, -0.25) is 0 Å². The van der Waals surface area contributed by atoms with Crippen LogP contribution >= 0.6 is 0 Å². The van der Waals surface area contributed by atoms with Crippen LogP contribution < -0.4 is 4.74 Å². The lowest BCUT2D eigenvalue weighted by molar-refractivity contribution is -0.137. The van der Waals surface area contributed by atoms with Gasteiger partial charge in [-0.1, -0.05) is 31.5 Å². The van der Waals surface area contributed by atoms with Crippen LogP contribution in [-0.2, 0) is 6.18 Å². The first-order valence-corrected chi connectivity index (χ1v) is 7.69. The second-order valence-corrected chi connectivity index (χ2v) is 6.20. The van der Waals surface area contributed by atoms with Crippen LogP contribution in [0.1, 0.15) is 39.2 Å². The van der Waals surface area contributed by atoms with Gasteiger partial charge in [0.05, 0.1) is 11.3 Å². The van der Waals surface area contributed by atoms with Gasteiger partial charge in [-0.15, -0.1) is 0 Å². The molecule has 24 heavy (non-hydrogen) atoms. The Bertz CT molecular complexity index is 712. The van der Waals surface area contributed by atoms with Gasteiger partial charge < -0.3 is 9.84 Å². The second-order valence-electron chi connectivity index (χ2n) is 6.20. The van der Waals surface area contributed by atoms with Gasteiger partial charge in [0.25, 0.3) is 0 Å². The summed E-state index contributed by atoms with van der Waals surface area (Å²) in [4.78, 5) is 4.16. The van der Waals surface area contributed by atoms with E-state index in [4.69, 9.17) is 4.74 Å². The standard InChI is InChI=1S/C18H20F3NO2/c1-4-9-17(2,3)24-16-11-12(23)10-15(22-16)13-7-5-6-8-14(13)18(19,20)21/h5-8,10-11H,4,9H2,1-3H3,(H,22,23). The van der Waals surface area contributed by atoms with Crippen LogP contribution in [-0.4, -0.2) is 15.7 Å². The van der Waals surface area contributed by atoms with E-state index < -0.39 is 17.3 Å². The SMILES string of the molecule is CCCC(C)(C)Oc1cc(O)cc(-c2ccccc2C(F)(F)F)n1. The zero-order valence-electron chi connectivity index (χ0n) is 13.8. The van der Waals surface area contributed by atoms with Crippen molar-refractivity contribution < 1.29 is 23.0 Å². The minimum absolute atomic E-state index is 0.0187. The Balaban J connectivity index is 2.47. The Labute approximate surface area is 139 Å². The van der Waals surface area contributed by atoms with E-state index in [1.807, 2.05) is 20.8 Å². The van der Waals surface area contributed by atoms with Crippen LogP contribution in [0.2, 0.25) is 0 Å². The molecule has 1 aromatic carbocycles. The van der Waals surface area contributed by atoms with E-state index in [1.165, 1.54) is 30.3 Å². The van der Waals surface area contributed by atoms with Crippen LogP contribution in [0.5, 0.6) is 11.6 Å². The molecule has 0 saturated carbocycles. The van der Waals surface area contributed by atoms with E-state index in [-0.39, 0.29) is 22.9 Å². The minimum Gasteiger partial charge on any atom is -0.508 e. The highest BCUT2D eigenvalue weighted by atomic mass is 19.4. The molecule has 2 aromatic rings. The molecule has 6 heteroatoms. The summed E-state index contributed by atoms with van der Waals surface area (Å²) in [5.74, 6) is -0.0975. The average Bonchev–Trinajstić information content (AvgIpc) is 2.45. The summed E-state index contributed by atoms with van der Waals surface area (Å²) in [7, 11) is 0. The lowest BCUT2D eigenvalue weighted by Crippen LogP contribution is -2.28. The maximum absolute atomic E-state index is 13.2. The molecule has 2 rings (SSSR count). The molecule has 130 valence electrons. The van der Waals surface area contributed by atoms with Gasteiger partial charge in [0.15, 0.2) is 0 Å². The summed E-state index contributed by atoms with van der Waals surface area (Å²) in [5, 5.41) is 9.87. The number of aromatic nitrogens is 1. The predicted octanol–water partition coefficient (Wildman–Crippen LogP) is 5.43. The highest BCUT2D eigenvalue weighted by molar-refractivity contribution is 5.66. The van der Waals surface area contributed by atoms with Gasteiger partial charge in [0, 0.05) is 17.7 Å². The van der Waals surface area contributed by atoms with Gasteiger partial charge in [-0.25, -0.2) is 4.98 Å². The second kappa shape index (κ2) is 6.71. The Morgan fingerprint density at radius 3 is 2.42 bits per heavy atom. The van der Waals surface area contributed by atoms with Crippen molar-refractivity contribution >= 4 is 0 Å². The number of hydrogen-bond donors (Lipinski definition) is 1. The van der Waals surface area contributed by atoms with Gasteiger partial charge in [0.2, 0.25) is 5.88 Å². The fourth-order valence-electron chi connectivity index (χ4n) is 2.57. The van der Waals surface area contributed by atoms with Crippen molar-refractivity contribution in [1.82, 2.24) is 4.98 Å². The zero-order chi connectivity index (χ0) is 18.0. The molecule has 0 radical (unpaired) electrons. The molecule has 0 aliphatic heterocycles. The Hall–Kier alpha value is -2.24. The molecule has 0 atom stereocenters. The molecule has 0 aliphatic rings. The van der Waals surface area contributed by atoms with Crippen molar-refractivity contribution in [3.8, 4) is 22.9 Å². The predicted molar refractivity (Wildman–Crippen MR) is 86.0 cm³/mol. The summed E-state index contributed by atoms with van der Waals surface area (Å²) in [6.07, 6.45) is -2.87. The first-order chi connectivity index (χ1) is 11.1. The zero-order valence-corrected chi connectivity index (χ0v) is 13.8. The van der Waals surface area contributed by atoms with Gasteiger partial charge in [0.1, 0.15) is 11.4 Å². The number of nitrogens with zero attached hydrogens (tertiary/aromatic N) is 1. The normalized spacial score (nSPS) is 12.2. The Morgan fingerprint density at radius 1 is 1.12 bits per heavy atom. The smallest absolute Gasteiger partial charge is 0.417 e. The monoisotopic (exact) mass is 339 g/mol. The lowest BCUT2D eigenvalue weighted by Gasteiger charge is -2.25. The van der Waals surface area contributed by atoms with Crippen LogP contribution in [0.4, 0.5) is 13.2 Å². The summed E-state index contributed by atoms with van der Waals surface area (Å²) in [5.41, 5.74) is -1.41. The summed E-state index contributed by atoms with van der Waals surface area (Å²) >= 11 is 0. The number of alkyl halides is 3. The minimum atomic E-state index is -4.51. The van der Waals surface area contributed by atoms with Crippen molar-refractivity contribution in [1.29, 1.82) is 0 Å². The molecule has 1 N–H and O–H groups in total. The van der Waals surface area contributed by atoms with Gasteiger partial charge >= 0.3 is 6.18 Å². The molecule has 3 nitrogen and oxygen atoms in total. The molecule has 1 heterocycles. The maximum Gasteiger partial charge on any atom is 0.417 e. The maximum atomic E-state index is 13.2. The third-order valence-electron chi connectivity index (χ3n) is 3.53. The van der Waals surface area contributed by atoms with E-state index in [0.717, 1.165) is 18.9 Å². The first-order valence-electron chi connectivity index (χ1n) is 7.69. The van der Waals surface area contributed by atoms with E-state index >= 15 is 0 Å². The molecule has 0 aliphatic carbocycles.